The van der Waals surface area contributed by atoms with Crippen molar-refractivity contribution in [1.29, 1.82) is 0 Å². The molecule has 0 bridgehead atoms. The molecule has 2 N–H and O–H groups in total. The molecule has 0 unspecified atom stereocenters. The Kier molecular flexibility index (Phi) is 5.70. The summed E-state index contributed by atoms with van der Waals surface area (Å²) < 4.78 is 53.6. The van der Waals surface area contributed by atoms with Gasteiger partial charge in [0.2, 0.25) is 0 Å². The van der Waals surface area contributed by atoms with Crippen molar-refractivity contribution in [3.05, 3.63) is 95.6 Å². The summed E-state index contributed by atoms with van der Waals surface area (Å²) in [6, 6.07) is 16.2. The second-order valence-electron chi connectivity index (χ2n) is 5.91. The van der Waals surface area contributed by atoms with Crippen LogP contribution in [0.1, 0.15) is 15.9 Å². The standard InChI is InChI=1S/C20H16F2N2O3S/c21-16-7-9-17(10-8-16)24-28(26,27)18-11-5-14(6-12-18)20(25)23-13-15-3-1-2-4-19(15)22/h1-12,24H,13H2,(H,23,25). The zero-order valence-corrected chi connectivity index (χ0v) is 15.3. The molecule has 0 heterocycles. The van der Waals surface area contributed by atoms with Crippen molar-refractivity contribution in [2.24, 2.45) is 0 Å². The summed E-state index contributed by atoms with van der Waals surface area (Å²) in [5, 5.41) is 2.58. The Morgan fingerprint density at radius 1 is 0.857 bits per heavy atom. The van der Waals surface area contributed by atoms with Crippen molar-refractivity contribution in [1.82, 2.24) is 5.32 Å². The zero-order chi connectivity index (χ0) is 20.1. The molecule has 0 spiro atoms. The third kappa shape index (κ3) is 4.72. The van der Waals surface area contributed by atoms with Crippen molar-refractivity contribution < 1.29 is 22.0 Å². The summed E-state index contributed by atoms with van der Waals surface area (Å²) >= 11 is 0. The van der Waals surface area contributed by atoms with Gasteiger partial charge in [-0.25, -0.2) is 17.2 Å². The molecule has 0 saturated heterocycles. The van der Waals surface area contributed by atoms with E-state index in [4.69, 9.17) is 0 Å². The SMILES string of the molecule is O=C(NCc1ccccc1F)c1ccc(S(=O)(=O)Nc2ccc(F)cc2)cc1. The molecule has 0 aliphatic carbocycles. The predicted octanol–water partition coefficient (Wildman–Crippen LogP) is 3.70. The summed E-state index contributed by atoms with van der Waals surface area (Å²) in [4.78, 5) is 12.1. The maximum absolute atomic E-state index is 13.6. The average molecular weight is 402 g/mol. The molecule has 3 rings (SSSR count). The van der Waals surface area contributed by atoms with E-state index < -0.39 is 27.6 Å². The van der Waals surface area contributed by atoms with Gasteiger partial charge in [-0.3, -0.25) is 9.52 Å². The number of benzene rings is 3. The average Bonchev–Trinajstić information content (AvgIpc) is 2.69. The molecule has 5 nitrogen and oxygen atoms in total. The summed E-state index contributed by atoms with van der Waals surface area (Å²) in [5.74, 6) is -1.36. The Morgan fingerprint density at radius 3 is 2.14 bits per heavy atom. The first-order valence-corrected chi connectivity index (χ1v) is 9.73. The molecule has 8 heteroatoms. The third-order valence-electron chi connectivity index (χ3n) is 3.92. The second-order valence-corrected chi connectivity index (χ2v) is 7.59. The van der Waals surface area contributed by atoms with Crippen LogP contribution < -0.4 is 10.0 Å². The van der Waals surface area contributed by atoms with Gasteiger partial charge in [0.05, 0.1) is 4.90 Å². The summed E-state index contributed by atoms with van der Waals surface area (Å²) in [7, 11) is -3.88. The topological polar surface area (TPSA) is 75.3 Å². The smallest absolute Gasteiger partial charge is 0.261 e. The summed E-state index contributed by atoms with van der Waals surface area (Å²) in [6.45, 7) is 0.0116. The highest BCUT2D eigenvalue weighted by Gasteiger charge is 2.15. The largest absolute Gasteiger partial charge is 0.348 e. The lowest BCUT2D eigenvalue weighted by Crippen LogP contribution is -2.23. The molecule has 0 radical (unpaired) electrons. The Labute approximate surface area is 161 Å². The van der Waals surface area contributed by atoms with Gasteiger partial charge in [-0.15, -0.1) is 0 Å². The number of anilines is 1. The van der Waals surface area contributed by atoms with Gasteiger partial charge in [0.25, 0.3) is 15.9 Å². The molecule has 3 aromatic carbocycles. The van der Waals surface area contributed by atoms with Gasteiger partial charge in [0, 0.05) is 23.4 Å². The summed E-state index contributed by atoms with van der Waals surface area (Å²) in [5.41, 5.74) is 0.795. The normalized spacial score (nSPS) is 11.1. The van der Waals surface area contributed by atoms with Gasteiger partial charge >= 0.3 is 0 Å². The van der Waals surface area contributed by atoms with Crippen LogP contribution in [0.5, 0.6) is 0 Å². The number of rotatable bonds is 6. The molecule has 0 aliphatic heterocycles. The van der Waals surface area contributed by atoms with Gasteiger partial charge in [0.15, 0.2) is 0 Å². The molecule has 3 aromatic rings. The van der Waals surface area contributed by atoms with Gasteiger partial charge in [-0.2, -0.15) is 0 Å². The monoisotopic (exact) mass is 402 g/mol. The number of halogens is 2. The van der Waals surface area contributed by atoms with E-state index >= 15 is 0 Å². The van der Waals surface area contributed by atoms with Gasteiger partial charge in [-0.05, 0) is 54.6 Å². The highest BCUT2D eigenvalue weighted by molar-refractivity contribution is 7.92. The number of carbonyl (C=O) groups excluding carboxylic acids is 1. The first-order chi connectivity index (χ1) is 13.3. The Hall–Kier alpha value is -3.26. The summed E-state index contributed by atoms with van der Waals surface area (Å²) in [6.07, 6.45) is 0. The number of hydrogen-bond donors (Lipinski definition) is 2. The molecule has 0 atom stereocenters. The predicted molar refractivity (Wildman–Crippen MR) is 101 cm³/mol. The van der Waals surface area contributed by atoms with Crippen LogP contribution in [0.25, 0.3) is 0 Å². The third-order valence-corrected chi connectivity index (χ3v) is 5.32. The Bertz CT molecular complexity index is 1080. The van der Waals surface area contributed by atoms with E-state index in [0.29, 0.717) is 5.56 Å². The molecule has 0 fully saturated rings. The Balaban J connectivity index is 1.67. The van der Waals surface area contributed by atoms with Crippen LogP contribution in [-0.2, 0) is 16.6 Å². The van der Waals surface area contributed by atoms with Crippen LogP contribution in [0.3, 0.4) is 0 Å². The molecule has 28 heavy (non-hydrogen) atoms. The van der Waals surface area contributed by atoms with E-state index in [1.165, 1.54) is 42.5 Å². The maximum Gasteiger partial charge on any atom is 0.261 e. The van der Waals surface area contributed by atoms with Gasteiger partial charge in [-0.1, -0.05) is 18.2 Å². The Morgan fingerprint density at radius 2 is 1.50 bits per heavy atom. The zero-order valence-electron chi connectivity index (χ0n) is 14.5. The number of amides is 1. The fourth-order valence-corrected chi connectivity index (χ4v) is 3.50. The number of carbonyl (C=O) groups is 1. The van der Waals surface area contributed by atoms with Crippen molar-refractivity contribution in [2.45, 2.75) is 11.4 Å². The van der Waals surface area contributed by atoms with Crippen LogP contribution in [0.4, 0.5) is 14.5 Å². The van der Waals surface area contributed by atoms with Crippen LogP contribution >= 0.6 is 0 Å². The van der Waals surface area contributed by atoms with Crippen molar-refractivity contribution in [3.8, 4) is 0 Å². The minimum Gasteiger partial charge on any atom is -0.348 e. The van der Waals surface area contributed by atoms with Crippen molar-refractivity contribution in [2.75, 3.05) is 4.72 Å². The first-order valence-electron chi connectivity index (χ1n) is 8.25. The fourth-order valence-electron chi connectivity index (χ4n) is 2.44. The molecule has 144 valence electrons. The number of sulfonamides is 1. The molecular formula is C20H16F2N2O3S. The minimum absolute atomic E-state index is 0.0116. The quantitative estimate of drug-likeness (QED) is 0.660. The highest BCUT2D eigenvalue weighted by Crippen LogP contribution is 2.17. The molecule has 0 aromatic heterocycles. The van der Waals surface area contributed by atoms with E-state index in [2.05, 4.69) is 10.0 Å². The van der Waals surface area contributed by atoms with Crippen LogP contribution in [0.2, 0.25) is 0 Å². The van der Waals surface area contributed by atoms with E-state index in [1.807, 2.05) is 0 Å². The van der Waals surface area contributed by atoms with Crippen LogP contribution in [0.15, 0.2) is 77.7 Å². The molecular weight excluding hydrogens is 386 g/mol. The molecule has 1 amide bonds. The van der Waals surface area contributed by atoms with Crippen LogP contribution in [0, 0.1) is 11.6 Å². The molecule has 0 saturated carbocycles. The number of nitrogens with one attached hydrogen (secondary N) is 2. The lowest BCUT2D eigenvalue weighted by molar-refractivity contribution is 0.0950. The van der Waals surface area contributed by atoms with E-state index in [0.717, 1.165) is 12.1 Å². The lowest BCUT2D eigenvalue weighted by atomic mass is 10.2. The fraction of sp³-hybridized carbons (Fsp3) is 0.0500. The van der Waals surface area contributed by atoms with Crippen molar-refractivity contribution in [3.63, 3.8) is 0 Å². The van der Waals surface area contributed by atoms with Crippen LogP contribution in [-0.4, -0.2) is 14.3 Å². The highest BCUT2D eigenvalue weighted by atomic mass is 32.2. The maximum atomic E-state index is 13.6. The van der Waals surface area contributed by atoms with Crippen molar-refractivity contribution >= 4 is 21.6 Å². The minimum atomic E-state index is -3.88. The first kappa shape index (κ1) is 19.5. The molecule has 0 aliphatic rings. The number of hydrogen-bond acceptors (Lipinski definition) is 3. The van der Waals surface area contributed by atoms with E-state index in [1.54, 1.807) is 18.2 Å². The van der Waals surface area contributed by atoms with Gasteiger partial charge < -0.3 is 5.32 Å². The van der Waals surface area contributed by atoms with E-state index in [-0.39, 0.29) is 22.7 Å². The second kappa shape index (κ2) is 8.18. The van der Waals surface area contributed by atoms with Gasteiger partial charge in [0.1, 0.15) is 11.6 Å². The van der Waals surface area contributed by atoms with E-state index in [9.17, 15) is 22.0 Å². The lowest BCUT2D eigenvalue weighted by Gasteiger charge is -2.09.